The molecule has 1 aliphatic carbocycles. The standard InChI is InChI=1S/C22H19F2IN6O/c23-22(24)6-12(7-22)10-31-11-13(8-29-31)18-9-28-17-3-4-19(20(25)21(17)30-18)32-14-1-2-15(26)16(27)5-14/h1-5,8-9,11-12H,6-7,10,26-27H2. The van der Waals surface area contributed by atoms with Crippen molar-refractivity contribution in [3.8, 4) is 22.8 Å². The lowest BCUT2D eigenvalue weighted by Gasteiger charge is -2.34. The van der Waals surface area contributed by atoms with Crippen LogP contribution in [0, 0.1) is 9.49 Å². The van der Waals surface area contributed by atoms with Crippen LogP contribution in [0.25, 0.3) is 22.3 Å². The molecule has 32 heavy (non-hydrogen) atoms. The van der Waals surface area contributed by atoms with Crippen LogP contribution in [0.2, 0.25) is 0 Å². The van der Waals surface area contributed by atoms with Crippen LogP contribution in [0.4, 0.5) is 20.2 Å². The number of halogens is 3. The predicted molar refractivity (Wildman–Crippen MR) is 126 cm³/mol. The zero-order chi connectivity index (χ0) is 22.5. The van der Waals surface area contributed by atoms with Crippen LogP contribution in [-0.4, -0.2) is 25.7 Å². The number of rotatable bonds is 5. The number of hydrogen-bond acceptors (Lipinski definition) is 6. The number of fused-ring (bicyclic) bond motifs is 1. The molecule has 0 amide bonds. The highest BCUT2D eigenvalue weighted by molar-refractivity contribution is 14.1. The molecule has 5 rings (SSSR count). The van der Waals surface area contributed by atoms with Crippen molar-refractivity contribution in [2.45, 2.75) is 25.3 Å². The molecular weight excluding hydrogens is 529 g/mol. The Balaban J connectivity index is 1.41. The van der Waals surface area contributed by atoms with Crippen LogP contribution in [-0.2, 0) is 6.54 Å². The van der Waals surface area contributed by atoms with Crippen molar-refractivity contribution in [2.24, 2.45) is 5.92 Å². The quantitative estimate of drug-likeness (QED) is 0.266. The lowest BCUT2D eigenvalue weighted by Crippen LogP contribution is -2.37. The third-order valence-electron chi connectivity index (χ3n) is 5.45. The molecule has 2 heterocycles. The molecule has 1 saturated carbocycles. The average molecular weight is 548 g/mol. The second-order valence-corrected chi connectivity index (χ2v) is 9.05. The summed E-state index contributed by atoms with van der Waals surface area (Å²) in [7, 11) is 0. The Morgan fingerprint density at radius 1 is 1.12 bits per heavy atom. The third-order valence-corrected chi connectivity index (χ3v) is 6.50. The van der Waals surface area contributed by atoms with Gasteiger partial charge in [0.25, 0.3) is 0 Å². The van der Waals surface area contributed by atoms with Gasteiger partial charge in [-0.05, 0) is 52.8 Å². The van der Waals surface area contributed by atoms with Gasteiger partial charge in [-0.15, -0.1) is 0 Å². The minimum Gasteiger partial charge on any atom is -0.456 e. The third kappa shape index (κ3) is 4.06. The van der Waals surface area contributed by atoms with Gasteiger partial charge in [-0.25, -0.2) is 13.8 Å². The molecular formula is C22H19F2IN6O. The molecule has 0 bridgehead atoms. The second-order valence-electron chi connectivity index (χ2n) is 7.97. The van der Waals surface area contributed by atoms with Gasteiger partial charge in [0.15, 0.2) is 0 Å². The van der Waals surface area contributed by atoms with E-state index in [-0.39, 0.29) is 18.8 Å². The van der Waals surface area contributed by atoms with E-state index in [9.17, 15) is 8.78 Å². The molecule has 2 aromatic carbocycles. The molecule has 0 spiro atoms. The van der Waals surface area contributed by atoms with Crippen molar-refractivity contribution < 1.29 is 13.5 Å². The SMILES string of the molecule is Nc1ccc(Oc2ccc3ncc(-c4cnn(CC5CC(F)(F)C5)c4)nc3c2I)cc1N. The number of anilines is 2. The van der Waals surface area contributed by atoms with Crippen molar-refractivity contribution in [1.82, 2.24) is 19.7 Å². The smallest absolute Gasteiger partial charge is 0.248 e. The van der Waals surface area contributed by atoms with Gasteiger partial charge < -0.3 is 16.2 Å². The van der Waals surface area contributed by atoms with Crippen molar-refractivity contribution in [3.63, 3.8) is 0 Å². The minimum atomic E-state index is -2.53. The lowest BCUT2D eigenvalue weighted by atomic mass is 9.81. The molecule has 1 fully saturated rings. The monoisotopic (exact) mass is 548 g/mol. The van der Waals surface area contributed by atoms with E-state index in [1.807, 2.05) is 18.3 Å². The Morgan fingerprint density at radius 3 is 2.69 bits per heavy atom. The Labute approximate surface area is 195 Å². The fourth-order valence-corrected chi connectivity index (χ4v) is 4.45. The molecule has 0 radical (unpaired) electrons. The Morgan fingerprint density at radius 2 is 1.94 bits per heavy atom. The number of nitrogen functional groups attached to an aromatic ring is 2. The Kier molecular flexibility index (Phi) is 5.11. The summed E-state index contributed by atoms with van der Waals surface area (Å²) >= 11 is 2.18. The zero-order valence-corrected chi connectivity index (χ0v) is 19.0. The summed E-state index contributed by atoms with van der Waals surface area (Å²) < 4.78 is 34.7. The molecule has 4 aromatic rings. The summed E-state index contributed by atoms with van der Waals surface area (Å²) in [6.07, 6.45) is 5.00. The molecule has 0 atom stereocenters. The molecule has 0 saturated heterocycles. The van der Waals surface area contributed by atoms with Crippen LogP contribution in [0.5, 0.6) is 11.5 Å². The molecule has 0 aliphatic heterocycles. The second kappa shape index (κ2) is 7.84. The molecule has 164 valence electrons. The minimum absolute atomic E-state index is 0.0523. The molecule has 10 heteroatoms. The van der Waals surface area contributed by atoms with Crippen molar-refractivity contribution in [1.29, 1.82) is 0 Å². The maximum atomic E-state index is 13.1. The van der Waals surface area contributed by atoms with Gasteiger partial charge >= 0.3 is 0 Å². The molecule has 0 unspecified atom stereocenters. The predicted octanol–water partition coefficient (Wildman–Crippen LogP) is 5.10. The summed E-state index contributed by atoms with van der Waals surface area (Å²) in [5, 5.41) is 4.31. The fraction of sp³-hybridized carbons (Fsp3) is 0.227. The topological polar surface area (TPSA) is 105 Å². The van der Waals surface area contributed by atoms with Gasteiger partial charge in [0.05, 0.1) is 38.5 Å². The van der Waals surface area contributed by atoms with Gasteiger partial charge in [-0.3, -0.25) is 9.67 Å². The van der Waals surface area contributed by atoms with Crippen molar-refractivity contribution >= 4 is 45.0 Å². The van der Waals surface area contributed by atoms with Crippen LogP contribution < -0.4 is 16.2 Å². The maximum absolute atomic E-state index is 13.1. The zero-order valence-electron chi connectivity index (χ0n) is 16.8. The Hall–Kier alpha value is -3.02. The summed E-state index contributed by atoms with van der Waals surface area (Å²) in [5.74, 6) is -1.39. The number of alkyl halides is 2. The van der Waals surface area contributed by atoms with E-state index in [1.54, 1.807) is 35.3 Å². The van der Waals surface area contributed by atoms with Crippen LogP contribution in [0.3, 0.4) is 0 Å². The first-order chi connectivity index (χ1) is 15.3. The van der Waals surface area contributed by atoms with Gasteiger partial charge in [0, 0.05) is 37.2 Å². The normalized spacial score (nSPS) is 15.6. The largest absolute Gasteiger partial charge is 0.456 e. The van der Waals surface area contributed by atoms with E-state index in [2.05, 4.69) is 32.7 Å². The summed E-state index contributed by atoms with van der Waals surface area (Å²) in [5.41, 5.74) is 15.4. The highest BCUT2D eigenvalue weighted by Crippen LogP contribution is 2.43. The average Bonchev–Trinajstić information content (AvgIpc) is 3.20. The van der Waals surface area contributed by atoms with Crippen molar-refractivity contribution in [2.75, 3.05) is 11.5 Å². The molecule has 7 nitrogen and oxygen atoms in total. The number of aromatic nitrogens is 4. The Bertz CT molecular complexity index is 1320. The van der Waals surface area contributed by atoms with Gasteiger partial charge in [0.2, 0.25) is 5.92 Å². The van der Waals surface area contributed by atoms with E-state index in [0.717, 1.165) is 14.7 Å². The van der Waals surface area contributed by atoms with Crippen LogP contribution >= 0.6 is 22.6 Å². The number of ether oxygens (including phenoxy) is 1. The molecule has 2 aromatic heterocycles. The fourth-order valence-electron chi connectivity index (χ4n) is 3.76. The van der Waals surface area contributed by atoms with Gasteiger partial charge in [-0.1, -0.05) is 0 Å². The summed E-state index contributed by atoms with van der Waals surface area (Å²) in [6.45, 7) is 0.469. The van der Waals surface area contributed by atoms with E-state index < -0.39 is 5.92 Å². The van der Waals surface area contributed by atoms with Gasteiger partial charge in [-0.2, -0.15) is 5.10 Å². The van der Waals surface area contributed by atoms with Crippen molar-refractivity contribution in [3.05, 3.63) is 52.5 Å². The highest BCUT2D eigenvalue weighted by Gasteiger charge is 2.45. The number of benzene rings is 2. The summed E-state index contributed by atoms with van der Waals surface area (Å²) in [4.78, 5) is 9.27. The first-order valence-corrected chi connectivity index (χ1v) is 11.0. The van der Waals surface area contributed by atoms with E-state index in [1.165, 1.54) is 0 Å². The maximum Gasteiger partial charge on any atom is 0.248 e. The van der Waals surface area contributed by atoms with Gasteiger partial charge in [0.1, 0.15) is 17.0 Å². The lowest BCUT2D eigenvalue weighted by molar-refractivity contribution is -0.114. The number of hydrogen-bond donors (Lipinski definition) is 2. The number of nitrogens with two attached hydrogens (primary N) is 2. The highest BCUT2D eigenvalue weighted by atomic mass is 127. The van der Waals surface area contributed by atoms with E-state index in [0.29, 0.717) is 40.6 Å². The van der Waals surface area contributed by atoms with Crippen LogP contribution in [0.1, 0.15) is 12.8 Å². The molecule has 1 aliphatic rings. The number of nitrogens with zero attached hydrogens (tertiary/aromatic N) is 4. The first-order valence-electron chi connectivity index (χ1n) is 9.96. The molecule has 4 N–H and O–H groups in total. The van der Waals surface area contributed by atoms with E-state index >= 15 is 0 Å². The summed E-state index contributed by atoms with van der Waals surface area (Å²) in [6, 6.07) is 8.78. The van der Waals surface area contributed by atoms with Crippen LogP contribution in [0.15, 0.2) is 48.9 Å². The van der Waals surface area contributed by atoms with E-state index in [4.69, 9.17) is 21.2 Å². The first kappa shape index (κ1) is 20.9.